The molecule has 0 bridgehead atoms. The minimum atomic E-state index is -0.185. The molecular formula is C21H27N3O3. The lowest BCUT2D eigenvalue weighted by Crippen LogP contribution is -2.45. The first-order valence-corrected chi connectivity index (χ1v) is 9.28. The molecule has 6 nitrogen and oxygen atoms in total. The minimum Gasteiger partial charge on any atom is -0.496 e. The lowest BCUT2D eigenvalue weighted by atomic mass is 10.0. The quantitative estimate of drug-likeness (QED) is 0.787. The molecule has 0 aromatic heterocycles. The topological polar surface area (TPSA) is 62.8 Å². The molecule has 1 aliphatic rings. The third-order valence-electron chi connectivity index (χ3n) is 4.76. The monoisotopic (exact) mass is 369 g/mol. The Balaban J connectivity index is 1.57. The lowest BCUT2D eigenvalue weighted by molar-refractivity contribution is 0.0167. The van der Waals surface area contributed by atoms with Crippen molar-refractivity contribution in [3.8, 4) is 5.75 Å². The van der Waals surface area contributed by atoms with Crippen LogP contribution in [0.5, 0.6) is 5.75 Å². The van der Waals surface area contributed by atoms with Gasteiger partial charge in [0.25, 0.3) is 0 Å². The maximum Gasteiger partial charge on any atom is 0.315 e. The van der Waals surface area contributed by atoms with Gasteiger partial charge in [-0.1, -0.05) is 48.5 Å². The average molecular weight is 369 g/mol. The first kappa shape index (κ1) is 19.2. The Kier molecular flexibility index (Phi) is 7.07. The van der Waals surface area contributed by atoms with Crippen LogP contribution in [0, 0.1) is 0 Å². The summed E-state index contributed by atoms with van der Waals surface area (Å²) in [6.07, 6.45) is 0. The number of para-hydroxylation sites is 1. The molecule has 144 valence electrons. The van der Waals surface area contributed by atoms with E-state index in [0.717, 1.165) is 37.6 Å². The van der Waals surface area contributed by atoms with Gasteiger partial charge in [0.2, 0.25) is 0 Å². The molecule has 2 amide bonds. The lowest BCUT2D eigenvalue weighted by Gasteiger charge is -2.34. The summed E-state index contributed by atoms with van der Waals surface area (Å²) in [7, 11) is 1.63. The Morgan fingerprint density at radius 2 is 1.78 bits per heavy atom. The number of hydrogen-bond acceptors (Lipinski definition) is 4. The van der Waals surface area contributed by atoms with E-state index in [2.05, 4.69) is 27.7 Å². The maximum atomic E-state index is 12.3. The van der Waals surface area contributed by atoms with Gasteiger partial charge in [-0.05, 0) is 11.6 Å². The zero-order valence-corrected chi connectivity index (χ0v) is 15.7. The minimum absolute atomic E-state index is 0.132. The predicted molar refractivity (Wildman–Crippen MR) is 105 cm³/mol. The van der Waals surface area contributed by atoms with Gasteiger partial charge >= 0.3 is 6.03 Å². The van der Waals surface area contributed by atoms with Crippen molar-refractivity contribution in [1.82, 2.24) is 15.5 Å². The number of carbonyl (C=O) groups is 1. The van der Waals surface area contributed by atoms with Crippen LogP contribution in [0.2, 0.25) is 0 Å². The van der Waals surface area contributed by atoms with Crippen molar-refractivity contribution in [2.24, 2.45) is 0 Å². The van der Waals surface area contributed by atoms with E-state index < -0.39 is 0 Å². The van der Waals surface area contributed by atoms with E-state index in [1.165, 1.54) is 5.56 Å². The molecule has 1 atom stereocenters. The van der Waals surface area contributed by atoms with Crippen molar-refractivity contribution >= 4 is 6.03 Å². The van der Waals surface area contributed by atoms with Crippen LogP contribution in [-0.4, -0.2) is 50.9 Å². The molecule has 1 heterocycles. The number of benzene rings is 2. The number of hydrogen-bond donors (Lipinski definition) is 2. The molecule has 0 radical (unpaired) electrons. The molecule has 0 saturated carbocycles. The van der Waals surface area contributed by atoms with E-state index in [4.69, 9.17) is 9.47 Å². The van der Waals surface area contributed by atoms with Gasteiger partial charge in [0.1, 0.15) is 5.75 Å². The number of methoxy groups -OCH3 is 1. The van der Waals surface area contributed by atoms with E-state index in [1.807, 2.05) is 42.5 Å². The van der Waals surface area contributed by atoms with Gasteiger partial charge in [0, 0.05) is 31.7 Å². The third-order valence-corrected chi connectivity index (χ3v) is 4.76. The Hall–Kier alpha value is -2.57. The van der Waals surface area contributed by atoms with Crippen LogP contribution in [0.3, 0.4) is 0 Å². The van der Waals surface area contributed by atoms with Crippen molar-refractivity contribution in [3.05, 3.63) is 65.7 Å². The summed E-state index contributed by atoms with van der Waals surface area (Å²) in [4.78, 5) is 14.7. The molecular weight excluding hydrogens is 342 g/mol. The fraction of sp³-hybridized carbons (Fsp3) is 0.381. The molecule has 2 aromatic rings. The number of amides is 2. The first-order valence-electron chi connectivity index (χ1n) is 9.28. The number of rotatable bonds is 7. The standard InChI is InChI=1S/C21H27N3O3/c1-26-20-10-6-5-9-18(20)15-22-21(25)23-16-19(17-7-3-2-4-8-17)24-11-13-27-14-12-24/h2-10,19H,11-16H2,1H3,(H2,22,23,25)/t19-/m0/s1. The van der Waals surface area contributed by atoms with E-state index in [0.29, 0.717) is 13.1 Å². The summed E-state index contributed by atoms with van der Waals surface area (Å²) < 4.78 is 10.8. The molecule has 27 heavy (non-hydrogen) atoms. The third kappa shape index (κ3) is 5.45. The Labute approximate surface area is 160 Å². The number of morpholine rings is 1. The van der Waals surface area contributed by atoms with Crippen LogP contribution >= 0.6 is 0 Å². The number of urea groups is 1. The van der Waals surface area contributed by atoms with E-state index >= 15 is 0 Å². The van der Waals surface area contributed by atoms with Gasteiger partial charge in [0.15, 0.2) is 0 Å². The van der Waals surface area contributed by atoms with E-state index in [9.17, 15) is 4.79 Å². The first-order chi connectivity index (χ1) is 13.3. The highest BCUT2D eigenvalue weighted by atomic mass is 16.5. The molecule has 2 N–H and O–H groups in total. The van der Waals surface area contributed by atoms with Crippen molar-refractivity contribution in [1.29, 1.82) is 0 Å². The van der Waals surface area contributed by atoms with Gasteiger partial charge in [-0.2, -0.15) is 0 Å². The van der Waals surface area contributed by atoms with Gasteiger partial charge < -0.3 is 20.1 Å². The predicted octanol–water partition coefficient (Wildman–Crippen LogP) is 2.57. The highest BCUT2D eigenvalue weighted by Crippen LogP contribution is 2.21. The zero-order valence-electron chi connectivity index (χ0n) is 15.7. The largest absolute Gasteiger partial charge is 0.496 e. The molecule has 2 aromatic carbocycles. The van der Waals surface area contributed by atoms with Crippen LogP contribution < -0.4 is 15.4 Å². The second-order valence-electron chi connectivity index (χ2n) is 6.45. The van der Waals surface area contributed by atoms with E-state index in [1.54, 1.807) is 7.11 Å². The number of carbonyl (C=O) groups excluding carboxylic acids is 1. The molecule has 3 rings (SSSR count). The highest BCUT2D eigenvalue weighted by molar-refractivity contribution is 5.74. The van der Waals surface area contributed by atoms with Crippen LogP contribution in [0.25, 0.3) is 0 Å². The number of ether oxygens (including phenoxy) is 2. The number of nitrogens with one attached hydrogen (secondary N) is 2. The molecule has 1 saturated heterocycles. The Morgan fingerprint density at radius 1 is 1.07 bits per heavy atom. The van der Waals surface area contributed by atoms with Gasteiger partial charge in [-0.25, -0.2) is 4.79 Å². The maximum absolute atomic E-state index is 12.3. The van der Waals surface area contributed by atoms with Crippen molar-refractivity contribution in [2.45, 2.75) is 12.6 Å². The molecule has 0 unspecified atom stereocenters. The summed E-state index contributed by atoms with van der Waals surface area (Å²) in [6, 6.07) is 17.9. The summed E-state index contributed by atoms with van der Waals surface area (Å²) in [6.45, 7) is 4.14. The van der Waals surface area contributed by atoms with Crippen molar-refractivity contribution in [3.63, 3.8) is 0 Å². The van der Waals surface area contributed by atoms with Crippen LogP contribution in [0.15, 0.2) is 54.6 Å². The zero-order chi connectivity index (χ0) is 18.9. The highest BCUT2D eigenvalue weighted by Gasteiger charge is 2.23. The molecule has 0 spiro atoms. The fourth-order valence-corrected chi connectivity index (χ4v) is 3.30. The molecule has 1 aliphatic heterocycles. The molecule has 1 fully saturated rings. The normalized spacial score (nSPS) is 15.7. The molecule has 6 heteroatoms. The van der Waals surface area contributed by atoms with Gasteiger partial charge in [0.05, 0.1) is 26.4 Å². The summed E-state index contributed by atoms with van der Waals surface area (Å²) in [5, 5.41) is 5.92. The smallest absolute Gasteiger partial charge is 0.315 e. The van der Waals surface area contributed by atoms with Gasteiger partial charge in [-0.3, -0.25) is 4.90 Å². The summed E-state index contributed by atoms with van der Waals surface area (Å²) in [5.41, 5.74) is 2.15. The average Bonchev–Trinajstić information content (AvgIpc) is 2.74. The molecule has 0 aliphatic carbocycles. The van der Waals surface area contributed by atoms with Crippen LogP contribution in [0.4, 0.5) is 4.79 Å². The number of nitrogens with zero attached hydrogens (tertiary/aromatic N) is 1. The summed E-state index contributed by atoms with van der Waals surface area (Å²) >= 11 is 0. The van der Waals surface area contributed by atoms with E-state index in [-0.39, 0.29) is 12.1 Å². The van der Waals surface area contributed by atoms with Crippen LogP contribution in [0.1, 0.15) is 17.2 Å². The van der Waals surface area contributed by atoms with Crippen molar-refractivity contribution < 1.29 is 14.3 Å². The van der Waals surface area contributed by atoms with Gasteiger partial charge in [-0.15, -0.1) is 0 Å². The SMILES string of the molecule is COc1ccccc1CNC(=O)NC[C@@H](c1ccccc1)N1CCOCC1. The van der Waals surface area contributed by atoms with Crippen LogP contribution in [-0.2, 0) is 11.3 Å². The second kappa shape index (κ2) is 9.94. The fourth-order valence-electron chi connectivity index (χ4n) is 3.30. The Bertz CT molecular complexity index is 718. The second-order valence-corrected chi connectivity index (χ2v) is 6.45. The summed E-state index contributed by atoms with van der Waals surface area (Å²) in [5.74, 6) is 0.772. The van der Waals surface area contributed by atoms with Crippen molar-refractivity contribution in [2.75, 3.05) is 40.0 Å². The Morgan fingerprint density at radius 3 is 2.52 bits per heavy atom.